The van der Waals surface area contributed by atoms with Crippen molar-refractivity contribution in [2.75, 3.05) is 16.5 Å². The smallest absolute Gasteiger partial charge is 0.137 e. The van der Waals surface area contributed by atoms with E-state index in [0.717, 1.165) is 83.6 Å². The van der Waals surface area contributed by atoms with Crippen LogP contribution in [0.15, 0.2) is 200 Å². The van der Waals surface area contributed by atoms with E-state index in [1.807, 2.05) is 54.7 Å². The molecule has 8 aromatic carbocycles. The Labute approximate surface area is 404 Å². The number of benzene rings is 8. The number of aryl methyl sites for hydroxylation is 1. The Morgan fingerprint density at radius 1 is 0.515 bits per heavy atom. The summed E-state index contributed by atoms with van der Waals surface area (Å²) >= 11 is 0. The first-order valence-corrected chi connectivity index (χ1v) is 23.5. The molecule has 2 aromatic heterocycles. The van der Waals surface area contributed by atoms with E-state index in [0.29, 0.717) is 18.1 Å². The maximum Gasteiger partial charge on any atom is 0.137 e. The zero-order valence-corrected chi connectivity index (χ0v) is 39.7. The van der Waals surface area contributed by atoms with Gasteiger partial charge in [0.25, 0.3) is 0 Å². The molecule has 0 spiro atoms. The number of hydrogen-bond acceptors (Lipinski definition) is 4. The van der Waals surface area contributed by atoms with Gasteiger partial charge in [-0.15, -0.1) is 0 Å². The number of fused-ring (bicyclic) bond motifs is 4. The van der Waals surface area contributed by atoms with Gasteiger partial charge in [-0.25, -0.2) is 4.98 Å². The monoisotopic (exact) mass is 887 g/mol. The Bertz CT molecular complexity index is 3670. The van der Waals surface area contributed by atoms with Crippen molar-refractivity contribution in [2.45, 2.75) is 59.3 Å². The molecule has 0 fully saturated rings. The minimum Gasteiger partial charge on any atom is -0.457 e. The molecule has 1 aliphatic heterocycles. The standard InChI is InChI=1S/C63H56N4O/c1-42-36-60(64-40-55(42)44-20-12-9-13-21-44)67-56-35-32-47(63(5,6)7)37-54(56)53-34-33-50(39-59(53)67)68-49-23-16-22-48(38-49)65-41-66(58-27-15-14-26-57(58)65)61-51(43-18-10-8-11-19-43)24-17-25-52(61)45-28-30-46(31-29-45)62(2,3)4/h8-40H,41H2,1-7H3/i16D,22D,23D. The second-order valence-electron chi connectivity index (χ2n) is 20.0. The van der Waals surface area contributed by atoms with Crippen LogP contribution in [0.5, 0.6) is 11.5 Å². The van der Waals surface area contributed by atoms with E-state index in [-0.39, 0.29) is 34.7 Å². The van der Waals surface area contributed by atoms with Crippen LogP contribution < -0.4 is 14.5 Å². The molecule has 0 saturated heterocycles. The van der Waals surface area contributed by atoms with Gasteiger partial charge < -0.3 is 14.5 Å². The van der Waals surface area contributed by atoms with Gasteiger partial charge in [0.2, 0.25) is 0 Å². The highest BCUT2D eigenvalue weighted by atomic mass is 16.5. The third-order valence-corrected chi connectivity index (χ3v) is 13.4. The number of para-hydroxylation sites is 3. The average molecular weight is 888 g/mol. The van der Waals surface area contributed by atoms with E-state index >= 15 is 0 Å². The van der Waals surface area contributed by atoms with Crippen LogP contribution in [0.2, 0.25) is 0 Å². The quantitative estimate of drug-likeness (QED) is 0.152. The van der Waals surface area contributed by atoms with Crippen LogP contribution in [0.1, 0.15) is 62.3 Å². The molecule has 11 rings (SSSR count). The Hall–Kier alpha value is -7.89. The second kappa shape index (κ2) is 16.8. The number of pyridine rings is 1. The molecule has 5 heteroatoms. The molecule has 0 amide bonds. The highest BCUT2D eigenvalue weighted by Gasteiger charge is 2.32. The molecule has 0 unspecified atom stereocenters. The van der Waals surface area contributed by atoms with Crippen LogP contribution in [0.4, 0.5) is 22.7 Å². The van der Waals surface area contributed by atoms with Crippen molar-refractivity contribution in [1.82, 2.24) is 9.55 Å². The number of aromatic nitrogens is 2. The summed E-state index contributed by atoms with van der Waals surface area (Å²) in [6.45, 7) is 15.9. The fourth-order valence-electron chi connectivity index (χ4n) is 9.72. The molecule has 10 aromatic rings. The lowest BCUT2D eigenvalue weighted by Crippen LogP contribution is -2.25. The summed E-state index contributed by atoms with van der Waals surface area (Å²) < 4.78 is 36.8. The van der Waals surface area contributed by atoms with Crippen LogP contribution in [0.25, 0.3) is 61.0 Å². The van der Waals surface area contributed by atoms with Gasteiger partial charge in [-0.3, -0.25) is 4.57 Å². The molecule has 68 heavy (non-hydrogen) atoms. The van der Waals surface area contributed by atoms with E-state index in [9.17, 15) is 4.11 Å². The van der Waals surface area contributed by atoms with Crippen molar-refractivity contribution >= 4 is 44.6 Å². The summed E-state index contributed by atoms with van der Waals surface area (Å²) in [5.41, 5.74) is 15.4. The summed E-state index contributed by atoms with van der Waals surface area (Å²) in [6.07, 6.45) is 1.95. The normalized spacial score (nSPS) is 13.4. The Balaban J connectivity index is 1.02. The van der Waals surface area contributed by atoms with E-state index < -0.39 is 0 Å². The van der Waals surface area contributed by atoms with Gasteiger partial charge >= 0.3 is 0 Å². The lowest BCUT2D eigenvalue weighted by Gasteiger charge is -2.27. The van der Waals surface area contributed by atoms with Gasteiger partial charge in [-0.05, 0) is 106 Å². The van der Waals surface area contributed by atoms with E-state index in [2.05, 4.69) is 184 Å². The van der Waals surface area contributed by atoms with Crippen molar-refractivity contribution in [3.63, 3.8) is 0 Å². The summed E-state index contributed by atoms with van der Waals surface area (Å²) in [6, 6.07) is 60.7. The molecule has 1 aliphatic rings. The minimum absolute atomic E-state index is 0.0132. The van der Waals surface area contributed by atoms with Crippen LogP contribution in [-0.4, -0.2) is 16.2 Å². The predicted octanol–water partition coefficient (Wildman–Crippen LogP) is 17.1. The first-order valence-electron chi connectivity index (χ1n) is 25.0. The van der Waals surface area contributed by atoms with Crippen molar-refractivity contribution < 1.29 is 8.85 Å². The number of hydrogen-bond donors (Lipinski definition) is 0. The number of anilines is 4. The maximum absolute atomic E-state index is 9.42. The zero-order valence-electron chi connectivity index (χ0n) is 42.7. The summed E-state index contributed by atoms with van der Waals surface area (Å²) in [5, 5.41) is 2.16. The van der Waals surface area contributed by atoms with Crippen LogP contribution in [-0.2, 0) is 10.8 Å². The molecule has 0 saturated carbocycles. The van der Waals surface area contributed by atoms with Gasteiger partial charge in [0.1, 0.15) is 24.0 Å². The molecule has 5 nitrogen and oxygen atoms in total. The highest BCUT2D eigenvalue weighted by molar-refractivity contribution is 6.10. The second-order valence-corrected chi connectivity index (χ2v) is 20.0. The first-order chi connectivity index (χ1) is 34.1. The SMILES string of the molecule is [2H]c1c(Oc2ccc3c4cc(C(C)(C)C)ccc4n(-c4cc(C)c(-c5ccccc5)cn4)c3c2)cc(N2CN(c3c(-c4ccccc4)cccc3-c3ccc(C(C)(C)C)cc3)c3ccccc32)c([2H])c1[2H]. The number of rotatable bonds is 8. The Morgan fingerprint density at radius 2 is 1.13 bits per heavy atom. The summed E-state index contributed by atoms with van der Waals surface area (Å²) in [4.78, 5) is 9.48. The third kappa shape index (κ3) is 7.78. The van der Waals surface area contributed by atoms with E-state index in [1.165, 1.54) is 11.1 Å². The van der Waals surface area contributed by atoms with E-state index in [1.54, 1.807) is 6.07 Å². The van der Waals surface area contributed by atoms with Gasteiger partial charge in [0, 0.05) is 51.5 Å². The molecule has 0 radical (unpaired) electrons. The molecule has 334 valence electrons. The van der Waals surface area contributed by atoms with Crippen LogP contribution in [0.3, 0.4) is 0 Å². The highest BCUT2D eigenvalue weighted by Crippen LogP contribution is 2.50. The lowest BCUT2D eigenvalue weighted by molar-refractivity contribution is 0.483. The number of nitrogens with zero attached hydrogens (tertiary/aromatic N) is 4. The third-order valence-electron chi connectivity index (χ3n) is 13.4. The largest absolute Gasteiger partial charge is 0.457 e. The summed E-state index contributed by atoms with van der Waals surface area (Å²) in [5.74, 6) is 1.49. The predicted molar refractivity (Wildman–Crippen MR) is 286 cm³/mol. The molecule has 0 N–H and O–H groups in total. The average Bonchev–Trinajstić information content (AvgIpc) is 3.91. The van der Waals surface area contributed by atoms with Crippen molar-refractivity contribution in [3.05, 3.63) is 217 Å². The molecule has 0 atom stereocenters. The van der Waals surface area contributed by atoms with Gasteiger partial charge in [0.15, 0.2) is 0 Å². The van der Waals surface area contributed by atoms with Crippen LogP contribution >= 0.6 is 0 Å². The molecule has 0 aliphatic carbocycles. The van der Waals surface area contributed by atoms with Gasteiger partial charge in [0.05, 0.1) is 32.2 Å². The first kappa shape index (κ1) is 39.3. The fourth-order valence-corrected chi connectivity index (χ4v) is 9.72. The molecule has 3 heterocycles. The lowest BCUT2D eigenvalue weighted by atomic mass is 9.86. The van der Waals surface area contributed by atoms with Crippen molar-refractivity contribution in [3.8, 4) is 50.7 Å². The van der Waals surface area contributed by atoms with Crippen molar-refractivity contribution in [1.29, 1.82) is 0 Å². The maximum atomic E-state index is 9.42. The molecular formula is C63H56N4O. The fraction of sp³-hybridized carbons (Fsp3) is 0.159. The summed E-state index contributed by atoms with van der Waals surface area (Å²) in [7, 11) is 0. The molecular weight excluding hydrogens is 829 g/mol. The minimum atomic E-state index is -0.208. The van der Waals surface area contributed by atoms with E-state index in [4.69, 9.17) is 9.72 Å². The van der Waals surface area contributed by atoms with Crippen molar-refractivity contribution in [2.24, 2.45) is 0 Å². The Kier molecular flexibility index (Phi) is 9.69. The number of ether oxygens (including phenoxy) is 1. The van der Waals surface area contributed by atoms with Gasteiger partial charge in [-0.1, -0.05) is 169 Å². The van der Waals surface area contributed by atoms with Crippen LogP contribution in [0, 0.1) is 6.92 Å². The van der Waals surface area contributed by atoms with Gasteiger partial charge in [-0.2, -0.15) is 0 Å². The Morgan fingerprint density at radius 3 is 1.79 bits per heavy atom. The zero-order chi connectivity index (χ0) is 49.3. The topological polar surface area (TPSA) is 33.5 Å². The molecule has 0 bridgehead atoms.